The van der Waals surface area contributed by atoms with Gasteiger partial charge in [-0.15, -0.1) is 0 Å². The quantitative estimate of drug-likeness (QED) is 0.772. The van der Waals surface area contributed by atoms with Gasteiger partial charge < -0.3 is 15.0 Å². The molecule has 0 aliphatic carbocycles. The van der Waals surface area contributed by atoms with Crippen LogP contribution in [0.15, 0.2) is 16.8 Å². The molecule has 2 fully saturated rings. The molecular weight excluding hydrogens is 404 g/mol. The highest BCUT2D eigenvalue weighted by Crippen LogP contribution is 2.28. The number of Topliss-reactive ketones (excluding diaryl/α,β-unsaturated/α-hetero) is 1. The highest BCUT2D eigenvalue weighted by atomic mass is 32.1. The normalized spacial score (nSPS) is 21.6. The third-order valence-corrected chi connectivity index (χ3v) is 5.17. The molecule has 3 rings (SSSR count). The predicted octanol–water partition coefficient (Wildman–Crippen LogP) is 2.32. The van der Waals surface area contributed by atoms with E-state index in [1.165, 1.54) is 11.3 Å². The van der Waals surface area contributed by atoms with Crippen molar-refractivity contribution in [1.82, 2.24) is 10.2 Å². The zero-order valence-corrected chi connectivity index (χ0v) is 17.7. The molecule has 154 valence electrons. The van der Waals surface area contributed by atoms with E-state index < -0.39 is 12.1 Å². The van der Waals surface area contributed by atoms with Crippen LogP contribution in [0.4, 0.5) is 0 Å². The molecule has 0 saturated carbocycles. The molecule has 0 radical (unpaired) electrons. The Morgan fingerprint density at radius 2 is 2.07 bits per heavy atom. The van der Waals surface area contributed by atoms with E-state index >= 15 is 0 Å². The highest BCUT2D eigenvalue weighted by Gasteiger charge is 2.48. The number of ketones is 1. The van der Waals surface area contributed by atoms with Crippen molar-refractivity contribution >= 4 is 55.9 Å². The maximum absolute atomic E-state index is 13.0. The number of nitrogens with zero attached hydrogens (tertiary/aromatic N) is 1. The zero-order valence-electron chi connectivity index (χ0n) is 14.9. The van der Waals surface area contributed by atoms with E-state index in [0.717, 1.165) is 0 Å². The van der Waals surface area contributed by atoms with E-state index in [4.69, 9.17) is 4.74 Å². The van der Waals surface area contributed by atoms with Crippen LogP contribution in [-0.4, -0.2) is 53.8 Å². The third kappa shape index (κ3) is 5.73. The molecule has 1 N–H and O–H groups in total. The Bertz CT molecular complexity index is 637. The number of nitrogens with one attached hydrogen (secondary N) is 1. The fourth-order valence-corrected chi connectivity index (χ4v) is 4.01. The molecule has 3 atom stereocenters. The Labute approximate surface area is 178 Å². The maximum atomic E-state index is 13.0. The van der Waals surface area contributed by atoms with Gasteiger partial charge in [-0.2, -0.15) is 38.3 Å². The average molecular weight is 435 g/mol. The summed E-state index contributed by atoms with van der Waals surface area (Å²) in [6.45, 7) is 4.60. The van der Waals surface area contributed by atoms with E-state index in [1.807, 2.05) is 19.2 Å². The summed E-state index contributed by atoms with van der Waals surface area (Å²) in [5.41, 5.74) is 0.557. The summed E-state index contributed by atoms with van der Waals surface area (Å²) in [6, 6.07) is 0.631. The molecule has 1 aromatic rings. The predicted molar refractivity (Wildman–Crippen MR) is 117 cm³/mol. The Morgan fingerprint density at radius 3 is 2.67 bits per heavy atom. The van der Waals surface area contributed by atoms with Crippen LogP contribution in [0.5, 0.6) is 0 Å². The van der Waals surface area contributed by atoms with Crippen LogP contribution in [0.1, 0.15) is 44.5 Å². The van der Waals surface area contributed by atoms with Gasteiger partial charge in [-0.3, -0.25) is 14.4 Å². The molecule has 2 amide bonds. The number of thiophene rings is 1. The molecule has 1 aromatic heterocycles. The first-order valence-electron chi connectivity index (χ1n) is 8.25. The summed E-state index contributed by atoms with van der Waals surface area (Å²) in [5.74, 6) is -0.229. The molecule has 9 heteroatoms. The number of carbonyl (C=O) groups is 3. The first-order valence-corrected chi connectivity index (χ1v) is 9.19. The average Bonchev–Trinajstić information content (AvgIpc) is 3.24. The van der Waals surface area contributed by atoms with Gasteiger partial charge in [-0.25, -0.2) is 0 Å². The molecule has 2 aliphatic rings. The SMILES string of the molecule is C.CC(C)C[C@H](NC(=O)c1ccsc1)C(=O)N1CC[C@H]2OCC(=O)[C@H]21.S.S. The van der Waals surface area contributed by atoms with Crippen LogP contribution in [0.2, 0.25) is 0 Å². The molecule has 0 aromatic carbocycles. The van der Waals surface area contributed by atoms with Crippen LogP contribution >= 0.6 is 38.3 Å². The fraction of sp³-hybridized carbons (Fsp3) is 0.611. The number of hydrogen-bond acceptors (Lipinski definition) is 5. The lowest BCUT2D eigenvalue weighted by atomic mass is 10.0. The molecule has 3 heterocycles. The summed E-state index contributed by atoms with van der Waals surface area (Å²) in [6.07, 6.45) is 1.03. The van der Waals surface area contributed by atoms with Gasteiger partial charge in [0.15, 0.2) is 5.78 Å². The van der Waals surface area contributed by atoms with Crippen molar-refractivity contribution < 1.29 is 19.1 Å². The Balaban J connectivity index is 0.00000225. The fourth-order valence-electron chi connectivity index (χ4n) is 3.37. The Kier molecular flexibility index (Phi) is 10.7. The summed E-state index contributed by atoms with van der Waals surface area (Å²) in [5, 5.41) is 6.43. The van der Waals surface area contributed by atoms with Crippen LogP contribution in [0.3, 0.4) is 0 Å². The molecular formula is C18H30N2O4S3. The van der Waals surface area contributed by atoms with E-state index in [1.54, 1.807) is 16.3 Å². The molecule has 6 nitrogen and oxygen atoms in total. The van der Waals surface area contributed by atoms with Gasteiger partial charge in [-0.1, -0.05) is 21.3 Å². The number of ether oxygens (including phenoxy) is 1. The molecule has 0 spiro atoms. The van der Waals surface area contributed by atoms with Gasteiger partial charge in [0.2, 0.25) is 5.91 Å². The van der Waals surface area contributed by atoms with Crippen molar-refractivity contribution in [2.75, 3.05) is 13.2 Å². The third-order valence-electron chi connectivity index (χ3n) is 4.49. The zero-order chi connectivity index (χ0) is 17.3. The summed E-state index contributed by atoms with van der Waals surface area (Å²) in [7, 11) is 0. The second-order valence-electron chi connectivity index (χ2n) is 6.75. The topological polar surface area (TPSA) is 75.7 Å². The first kappa shape index (κ1) is 26.0. The number of fused-ring (bicyclic) bond motifs is 1. The minimum Gasteiger partial charge on any atom is -0.368 e. The second kappa shape index (κ2) is 11.1. The lowest BCUT2D eigenvalue weighted by molar-refractivity contribution is -0.138. The maximum Gasteiger partial charge on any atom is 0.252 e. The minimum atomic E-state index is -0.621. The van der Waals surface area contributed by atoms with E-state index in [9.17, 15) is 14.4 Å². The number of hydrogen-bond donors (Lipinski definition) is 1. The van der Waals surface area contributed by atoms with Crippen molar-refractivity contribution in [3.8, 4) is 0 Å². The van der Waals surface area contributed by atoms with Crippen molar-refractivity contribution in [3.63, 3.8) is 0 Å². The molecule has 2 saturated heterocycles. The van der Waals surface area contributed by atoms with Crippen molar-refractivity contribution in [2.24, 2.45) is 5.92 Å². The summed E-state index contributed by atoms with van der Waals surface area (Å²) < 4.78 is 5.44. The molecule has 0 unspecified atom stereocenters. The van der Waals surface area contributed by atoms with Gasteiger partial charge in [0, 0.05) is 11.9 Å². The molecule has 27 heavy (non-hydrogen) atoms. The van der Waals surface area contributed by atoms with Crippen LogP contribution in [0.25, 0.3) is 0 Å². The number of rotatable bonds is 5. The minimum absolute atomic E-state index is 0. The number of amides is 2. The summed E-state index contributed by atoms with van der Waals surface area (Å²) >= 11 is 1.44. The van der Waals surface area contributed by atoms with Gasteiger partial charge in [-0.05, 0) is 30.2 Å². The van der Waals surface area contributed by atoms with E-state index in [2.05, 4.69) is 5.32 Å². The number of carbonyl (C=O) groups excluding carboxylic acids is 3. The standard InChI is InChI=1S/C17H22N2O4S.CH4.2H2S/c1-10(2)7-12(18-16(21)11-4-6-24-9-11)17(22)19-5-3-14-15(19)13(20)8-23-14;;;/h4,6,9-10,12,14-15H,3,5,7-8H2,1-2H3,(H,18,21);1H4;2*1H2/t12-,14+,15+;;;/m0.../s1. The summed E-state index contributed by atoms with van der Waals surface area (Å²) in [4.78, 5) is 38.9. The molecule has 0 bridgehead atoms. The first-order chi connectivity index (χ1) is 11.5. The molecule has 2 aliphatic heterocycles. The van der Waals surface area contributed by atoms with Crippen LogP contribution in [-0.2, 0) is 14.3 Å². The lowest BCUT2D eigenvalue weighted by Gasteiger charge is -2.28. The highest BCUT2D eigenvalue weighted by molar-refractivity contribution is 7.59. The smallest absolute Gasteiger partial charge is 0.252 e. The largest absolute Gasteiger partial charge is 0.368 e. The lowest BCUT2D eigenvalue weighted by Crippen LogP contribution is -2.52. The van der Waals surface area contributed by atoms with E-state index in [-0.39, 0.29) is 70.6 Å². The Morgan fingerprint density at radius 1 is 1.37 bits per heavy atom. The van der Waals surface area contributed by atoms with Crippen molar-refractivity contribution in [1.29, 1.82) is 0 Å². The van der Waals surface area contributed by atoms with Gasteiger partial charge in [0.05, 0.1) is 11.7 Å². The van der Waals surface area contributed by atoms with Gasteiger partial charge in [0.1, 0.15) is 18.7 Å². The van der Waals surface area contributed by atoms with Crippen molar-refractivity contribution in [3.05, 3.63) is 22.4 Å². The van der Waals surface area contributed by atoms with E-state index in [0.29, 0.717) is 24.9 Å². The van der Waals surface area contributed by atoms with Crippen LogP contribution < -0.4 is 5.32 Å². The van der Waals surface area contributed by atoms with Crippen molar-refractivity contribution in [2.45, 2.75) is 52.3 Å². The number of likely N-dealkylation sites (tertiary alicyclic amines) is 1. The van der Waals surface area contributed by atoms with Crippen LogP contribution in [0, 0.1) is 5.92 Å². The van der Waals surface area contributed by atoms with Gasteiger partial charge in [0.25, 0.3) is 5.91 Å². The monoisotopic (exact) mass is 434 g/mol. The van der Waals surface area contributed by atoms with Gasteiger partial charge >= 0.3 is 0 Å². The Hall–Kier alpha value is -1.03. The second-order valence-corrected chi connectivity index (χ2v) is 7.53.